The number of carboxylic acid groups (broad SMARTS) is 1. The number of hydrogen-bond acceptors (Lipinski definition) is 6. The lowest BCUT2D eigenvalue weighted by Crippen LogP contribution is -2.49. The van der Waals surface area contributed by atoms with Crippen molar-refractivity contribution in [3.63, 3.8) is 0 Å². The molecule has 1 saturated heterocycles. The van der Waals surface area contributed by atoms with Crippen molar-refractivity contribution in [2.75, 3.05) is 18.5 Å². The number of aromatic amines is 1. The number of amides is 2. The number of H-pyrrole nitrogens is 1. The number of carbonyl (C=O) groups excluding carboxylic acids is 2. The van der Waals surface area contributed by atoms with Gasteiger partial charge in [0.15, 0.2) is 0 Å². The van der Waals surface area contributed by atoms with Crippen LogP contribution in [0.25, 0.3) is 11.1 Å². The molecule has 1 aliphatic carbocycles. The van der Waals surface area contributed by atoms with Crippen LogP contribution in [0.1, 0.15) is 47.4 Å². The minimum absolute atomic E-state index is 0.0724. The number of aliphatic carboxylic acids is 1. The number of hydrogen-bond donors (Lipinski definition) is 3. The number of anilines is 1. The summed E-state index contributed by atoms with van der Waals surface area (Å²) in [4.78, 5) is 42.3. The van der Waals surface area contributed by atoms with E-state index in [2.05, 4.69) is 32.6 Å². The molecule has 5 rings (SSSR count). The first-order valence-electron chi connectivity index (χ1n) is 11.5. The van der Waals surface area contributed by atoms with Crippen molar-refractivity contribution in [2.45, 2.75) is 31.7 Å². The lowest BCUT2D eigenvalue weighted by molar-refractivity contribution is -0.145. The highest BCUT2D eigenvalue weighted by molar-refractivity contribution is 5.92. The third-order valence-electron chi connectivity index (χ3n) is 6.81. The Morgan fingerprint density at radius 1 is 1.11 bits per heavy atom. The number of likely N-dealkylation sites (tertiary alicyclic amines) is 1. The summed E-state index contributed by atoms with van der Waals surface area (Å²) in [6.07, 6.45) is 0.374. The highest BCUT2D eigenvalue weighted by atomic mass is 16.5. The van der Waals surface area contributed by atoms with Crippen LogP contribution in [0.15, 0.2) is 48.5 Å². The standard InChI is InChI=1S/C25H25N5O5/c1-14-15(23(32)33)11-6-12-30(14)22(31)21-26-24(29-28-21)27-25(34)35-13-20-18-9-4-2-7-16(18)17-8-3-5-10-19(17)20/h2-5,7-10,14-15,20H,6,11-13H2,1H3,(H,32,33)(H2,26,27,28,29,34)/t14-,15-/m1/s1. The summed E-state index contributed by atoms with van der Waals surface area (Å²) in [5.41, 5.74) is 4.46. The number of benzene rings is 2. The Morgan fingerprint density at radius 3 is 2.43 bits per heavy atom. The van der Waals surface area contributed by atoms with Gasteiger partial charge in [-0.25, -0.2) is 4.79 Å². The van der Waals surface area contributed by atoms with E-state index < -0.39 is 29.9 Å². The zero-order chi connectivity index (χ0) is 24.5. The van der Waals surface area contributed by atoms with Gasteiger partial charge in [0.2, 0.25) is 5.82 Å². The molecule has 1 aromatic heterocycles. The summed E-state index contributed by atoms with van der Waals surface area (Å²) in [6.45, 7) is 2.28. The van der Waals surface area contributed by atoms with Crippen molar-refractivity contribution in [2.24, 2.45) is 5.92 Å². The van der Waals surface area contributed by atoms with Crippen LogP contribution >= 0.6 is 0 Å². The predicted molar refractivity (Wildman–Crippen MR) is 126 cm³/mol. The topological polar surface area (TPSA) is 138 Å². The molecule has 0 unspecified atom stereocenters. The normalized spacial score (nSPS) is 19.1. The van der Waals surface area contributed by atoms with Gasteiger partial charge in [-0.05, 0) is 42.0 Å². The first-order chi connectivity index (χ1) is 16.9. The summed E-state index contributed by atoms with van der Waals surface area (Å²) in [5, 5.41) is 18.3. The van der Waals surface area contributed by atoms with Crippen LogP contribution in [0, 0.1) is 5.92 Å². The van der Waals surface area contributed by atoms with Crippen molar-refractivity contribution in [1.82, 2.24) is 20.1 Å². The van der Waals surface area contributed by atoms with Gasteiger partial charge in [0, 0.05) is 18.5 Å². The van der Waals surface area contributed by atoms with Crippen molar-refractivity contribution in [1.29, 1.82) is 0 Å². The average Bonchev–Trinajstić information content (AvgIpc) is 3.45. The molecule has 3 aromatic rings. The molecule has 1 aliphatic heterocycles. The Morgan fingerprint density at radius 2 is 1.77 bits per heavy atom. The van der Waals surface area contributed by atoms with Crippen LogP contribution in [-0.4, -0.2) is 62.4 Å². The molecule has 2 amide bonds. The Kier molecular flexibility index (Phi) is 5.94. The predicted octanol–water partition coefficient (Wildman–Crippen LogP) is 3.49. The Bertz CT molecular complexity index is 1240. The molecule has 10 heteroatoms. The Labute approximate surface area is 201 Å². The molecular formula is C25H25N5O5. The van der Waals surface area contributed by atoms with Crippen molar-refractivity contribution in [3.05, 3.63) is 65.5 Å². The first kappa shape index (κ1) is 22.6. The Hall–Kier alpha value is -4.21. The number of fused-ring (bicyclic) bond motifs is 3. The number of carboxylic acids is 1. The van der Waals surface area contributed by atoms with Gasteiger partial charge in [0.05, 0.1) is 5.92 Å². The number of nitrogens with one attached hydrogen (secondary N) is 2. The van der Waals surface area contributed by atoms with E-state index in [4.69, 9.17) is 4.74 Å². The molecule has 3 N–H and O–H groups in total. The second-order valence-electron chi connectivity index (χ2n) is 8.78. The summed E-state index contributed by atoms with van der Waals surface area (Å²) in [6, 6.07) is 15.6. The second kappa shape index (κ2) is 9.21. The van der Waals surface area contributed by atoms with Crippen LogP contribution in [-0.2, 0) is 9.53 Å². The van der Waals surface area contributed by atoms with Gasteiger partial charge in [0.25, 0.3) is 11.9 Å². The molecule has 180 valence electrons. The third kappa shape index (κ3) is 4.23. The van der Waals surface area contributed by atoms with Crippen molar-refractivity contribution in [3.8, 4) is 11.1 Å². The van der Waals surface area contributed by atoms with Gasteiger partial charge >= 0.3 is 12.1 Å². The molecule has 0 spiro atoms. The molecule has 35 heavy (non-hydrogen) atoms. The van der Waals surface area contributed by atoms with E-state index in [1.807, 2.05) is 36.4 Å². The van der Waals surface area contributed by atoms with E-state index in [1.165, 1.54) is 4.90 Å². The SMILES string of the molecule is C[C@@H]1[C@H](C(=O)O)CCCN1C(=O)c1nc(NC(=O)OCC2c3ccccc3-c3ccccc32)n[nH]1. The van der Waals surface area contributed by atoms with E-state index in [9.17, 15) is 19.5 Å². The highest BCUT2D eigenvalue weighted by Crippen LogP contribution is 2.44. The molecule has 2 atom stereocenters. The highest BCUT2D eigenvalue weighted by Gasteiger charge is 2.36. The number of ether oxygens (including phenoxy) is 1. The molecule has 1 fully saturated rings. The fourth-order valence-corrected chi connectivity index (χ4v) is 5.04. The van der Waals surface area contributed by atoms with Crippen molar-refractivity contribution < 1.29 is 24.2 Å². The van der Waals surface area contributed by atoms with Crippen LogP contribution in [0.2, 0.25) is 0 Å². The minimum Gasteiger partial charge on any atom is -0.481 e. The first-order valence-corrected chi connectivity index (χ1v) is 11.5. The van der Waals surface area contributed by atoms with Crippen LogP contribution in [0.3, 0.4) is 0 Å². The molecule has 0 bridgehead atoms. The molecule has 0 radical (unpaired) electrons. The maximum Gasteiger partial charge on any atom is 0.414 e. The zero-order valence-electron chi connectivity index (χ0n) is 19.1. The lowest BCUT2D eigenvalue weighted by Gasteiger charge is -2.36. The summed E-state index contributed by atoms with van der Waals surface area (Å²) < 4.78 is 5.48. The fraction of sp³-hybridized carbons (Fsp3) is 0.320. The average molecular weight is 476 g/mol. The van der Waals surface area contributed by atoms with E-state index >= 15 is 0 Å². The monoisotopic (exact) mass is 475 g/mol. The zero-order valence-corrected chi connectivity index (χ0v) is 19.1. The maximum atomic E-state index is 12.9. The van der Waals surface area contributed by atoms with E-state index in [1.54, 1.807) is 6.92 Å². The second-order valence-corrected chi connectivity index (χ2v) is 8.78. The van der Waals surface area contributed by atoms with Crippen LogP contribution in [0.4, 0.5) is 10.7 Å². The largest absolute Gasteiger partial charge is 0.481 e. The molecular weight excluding hydrogens is 450 g/mol. The summed E-state index contributed by atoms with van der Waals surface area (Å²) in [5.74, 6) is -2.27. The van der Waals surface area contributed by atoms with E-state index in [0.29, 0.717) is 19.4 Å². The third-order valence-corrected chi connectivity index (χ3v) is 6.81. The molecule has 2 aliphatic rings. The van der Waals surface area contributed by atoms with E-state index in [0.717, 1.165) is 22.3 Å². The van der Waals surface area contributed by atoms with Gasteiger partial charge in [-0.1, -0.05) is 48.5 Å². The number of aromatic nitrogens is 3. The summed E-state index contributed by atoms with van der Waals surface area (Å²) in [7, 11) is 0. The number of carbonyl (C=O) groups is 3. The fourth-order valence-electron chi connectivity index (χ4n) is 5.04. The van der Waals surface area contributed by atoms with Crippen LogP contribution < -0.4 is 5.32 Å². The molecule has 2 aromatic carbocycles. The maximum absolute atomic E-state index is 12.9. The number of nitrogens with zero attached hydrogens (tertiary/aromatic N) is 3. The molecule has 0 saturated carbocycles. The van der Waals surface area contributed by atoms with Gasteiger partial charge in [-0.2, -0.15) is 4.98 Å². The summed E-state index contributed by atoms with van der Waals surface area (Å²) >= 11 is 0. The molecule has 10 nitrogen and oxygen atoms in total. The van der Waals surface area contributed by atoms with E-state index in [-0.39, 0.29) is 24.3 Å². The number of piperidine rings is 1. The quantitative estimate of drug-likeness (QED) is 0.514. The molecule has 2 heterocycles. The number of rotatable bonds is 5. The van der Waals surface area contributed by atoms with Gasteiger partial charge in [-0.3, -0.25) is 20.0 Å². The van der Waals surface area contributed by atoms with Gasteiger partial charge in [0.1, 0.15) is 6.61 Å². The van der Waals surface area contributed by atoms with Gasteiger partial charge in [-0.15, -0.1) is 5.10 Å². The van der Waals surface area contributed by atoms with Crippen molar-refractivity contribution >= 4 is 23.9 Å². The lowest BCUT2D eigenvalue weighted by atomic mass is 9.90. The minimum atomic E-state index is -0.926. The Balaban J connectivity index is 1.22. The smallest absolute Gasteiger partial charge is 0.414 e. The van der Waals surface area contributed by atoms with Crippen LogP contribution in [0.5, 0.6) is 0 Å². The van der Waals surface area contributed by atoms with Gasteiger partial charge < -0.3 is 14.7 Å².